The van der Waals surface area contributed by atoms with E-state index in [1.165, 1.54) is 22.3 Å². The van der Waals surface area contributed by atoms with Crippen LogP contribution in [0.5, 0.6) is 11.5 Å². The number of nitrogens with one attached hydrogen (secondary N) is 3. The molecule has 3 aromatic rings. The fourth-order valence-corrected chi connectivity index (χ4v) is 8.12. The summed E-state index contributed by atoms with van der Waals surface area (Å²) in [5, 5.41) is 21.3. The van der Waals surface area contributed by atoms with E-state index in [4.69, 9.17) is 19.2 Å². The van der Waals surface area contributed by atoms with E-state index in [2.05, 4.69) is 27.5 Å². The van der Waals surface area contributed by atoms with Gasteiger partial charge in [0.25, 0.3) is 0 Å². The summed E-state index contributed by atoms with van der Waals surface area (Å²) in [5.74, 6) is -2.00. The molecule has 4 amide bonds. The SMILES string of the molecule is C=C[C@@H]1C[C@]1(NC(=O)[C@@H]1C[C@@H](Oc2cc(-c3csc(NC(=O)CC(C)(C)C)n3)nc3c(C)c(OC)ccc23)CN1C(=O)[C@@H](NC(=O)OC1CCC1)C(C)(C)C)C(=O)O. The molecule has 16 heteroatoms. The third kappa shape index (κ3) is 9.06. The highest BCUT2D eigenvalue weighted by Crippen LogP contribution is 2.45. The Morgan fingerprint density at radius 2 is 1.79 bits per heavy atom. The van der Waals surface area contributed by atoms with E-state index >= 15 is 0 Å². The lowest BCUT2D eigenvalue weighted by atomic mass is 9.85. The molecular formula is C42H54N6O9S. The van der Waals surface area contributed by atoms with Crippen LogP contribution >= 0.6 is 11.3 Å². The van der Waals surface area contributed by atoms with E-state index in [1.807, 2.05) is 33.8 Å². The quantitative estimate of drug-likeness (QED) is 0.143. The van der Waals surface area contributed by atoms with E-state index in [0.717, 1.165) is 24.8 Å². The monoisotopic (exact) mass is 818 g/mol. The van der Waals surface area contributed by atoms with Crippen molar-refractivity contribution in [2.24, 2.45) is 16.7 Å². The Morgan fingerprint density at radius 3 is 2.38 bits per heavy atom. The molecule has 6 rings (SSSR count). The molecule has 0 unspecified atom stereocenters. The van der Waals surface area contributed by atoms with Crippen molar-refractivity contribution in [3.63, 3.8) is 0 Å². The van der Waals surface area contributed by atoms with Gasteiger partial charge >= 0.3 is 12.1 Å². The number of carbonyl (C=O) groups excluding carboxylic acids is 4. The number of nitrogens with zero attached hydrogens (tertiary/aromatic N) is 3. The number of hydrogen-bond donors (Lipinski definition) is 4. The zero-order valence-electron chi connectivity index (χ0n) is 34.4. The lowest BCUT2D eigenvalue weighted by Crippen LogP contribution is -2.59. The number of fused-ring (bicyclic) bond motifs is 1. The predicted octanol–water partition coefficient (Wildman–Crippen LogP) is 6.24. The Kier molecular flexibility index (Phi) is 11.8. The van der Waals surface area contributed by atoms with Gasteiger partial charge in [-0.2, -0.15) is 0 Å². The Morgan fingerprint density at radius 1 is 1.07 bits per heavy atom. The summed E-state index contributed by atoms with van der Waals surface area (Å²) in [5.41, 5.74) is -0.260. The van der Waals surface area contributed by atoms with Gasteiger partial charge in [0.05, 0.1) is 24.9 Å². The second-order valence-corrected chi connectivity index (χ2v) is 18.7. The first-order valence-electron chi connectivity index (χ1n) is 19.6. The third-order valence-corrected chi connectivity index (χ3v) is 11.7. The average Bonchev–Trinajstić information content (AvgIpc) is 3.40. The number of amides is 4. The second kappa shape index (κ2) is 16.2. The summed E-state index contributed by atoms with van der Waals surface area (Å²) < 4.78 is 17.9. The van der Waals surface area contributed by atoms with E-state index in [0.29, 0.717) is 45.3 Å². The van der Waals surface area contributed by atoms with Crippen molar-refractivity contribution >= 4 is 57.2 Å². The van der Waals surface area contributed by atoms with Crippen molar-refractivity contribution in [2.75, 3.05) is 19.0 Å². The topological polar surface area (TPSA) is 198 Å². The molecule has 1 aromatic carbocycles. The van der Waals surface area contributed by atoms with E-state index in [9.17, 15) is 29.1 Å². The number of aliphatic carboxylic acids is 1. The van der Waals surface area contributed by atoms with Gasteiger partial charge in [-0.3, -0.25) is 14.4 Å². The zero-order chi connectivity index (χ0) is 42.3. The predicted molar refractivity (Wildman–Crippen MR) is 219 cm³/mol. The van der Waals surface area contributed by atoms with Gasteiger partial charge in [-0.1, -0.05) is 47.6 Å². The van der Waals surface area contributed by atoms with Crippen LogP contribution in [0.25, 0.3) is 22.3 Å². The second-order valence-electron chi connectivity index (χ2n) is 17.8. The van der Waals surface area contributed by atoms with E-state index < -0.39 is 58.9 Å². The van der Waals surface area contributed by atoms with Gasteiger partial charge in [0, 0.05) is 41.2 Å². The Labute approximate surface area is 342 Å². The van der Waals surface area contributed by atoms with Crippen LogP contribution < -0.4 is 25.4 Å². The fraction of sp³-hybridized carbons (Fsp3) is 0.548. The van der Waals surface area contributed by atoms with Gasteiger partial charge < -0.3 is 40.2 Å². The van der Waals surface area contributed by atoms with Gasteiger partial charge in [-0.15, -0.1) is 17.9 Å². The first-order valence-corrected chi connectivity index (χ1v) is 20.5. The number of hydrogen-bond acceptors (Lipinski definition) is 11. The molecule has 1 saturated heterocycles. The standard InChI is InChI=1S/C42H54N6O9S/c1-10-23-18-42(23,37(52)53)47-35(50)29-16-25(20-48(29)36(51)34(41(6,7)8)46-39(54)57-24-12-11-13-24)56-31-17-27(43-33-22(2)30(55-9)15-14-26(31)33)28-21-58-38(44-28)45-32(49)19-40(3,4)5/h10,14-15,17,21,23-25,29,34H,1,11-13,16,18-20H2,2-9H3,(H,46,54)(H,47,50)(H,52,53)(H,44,45,49)/t23-,25-,29+,34-,42-/m1/s1. The maximum absolute atomic E-state index is 14.6. The number of carboxylic acid groups (broad SMARTS) is 1. The highest BCUT2D eigenvalue weighted by molar-refractivity contribution is 7.14. The highest BCUT2D eigenvalue weighted by atomic mass is 32.1. The number of thiazole rings is 1. The third-order valence-electron chi connectivity index (χ3n) is 10.9. The lowest BCUT2D eigenvalue weighted by Gasteiger charge is -2.36. The van der Waals surface area contributed by atoms with E-state index in [-0.39, 0.29) is 36.8 Å². The number of alkyl carbamates (subject to hydrolysis) is 1. The highest BCUT2D eigenvalue weighted by Gasteiger charge is 2.61. The molecule has 2 aromatic heterocycles. The van der Waals surface area contributed by atoms with E-state index in [1.54, 1.807) is 45.4 Å². The van der Waals surface area contributed by atoms with Crippen LogP contribution in [-0.4, -0.2) is 93.2 Å². The molecule has 0 bridgehead atoms. The Hall–Kier alpha value is -5.25. The van der Waals surface area contributed by atoms with Crippen molar-refractivity contribution in [1.82, 2.24) is 25.5 Å². The molecule has 2 saturated carbocycles. The molecule has 58 heavy (non-hydrogen) atoms. The number of aryl methyl sites for hydroxylation is 1. The Balaban J connectivity index is 1.33. The normalized spacial score (nSPS) is 22.3. The molecule has 0 spiro atoms. The summed E-state index contributed by atoms with van der Waals surface area (Å²) in [6, 6.07) is 3.13. The molecule has 4 N–H and O–H groups in total. The molecule has 3 aliphatic rings. The molecule has 3 heterocycles. The molecule has 3 fully saturated rings. The smallest absolute Gasteiger partial charge is 0.408 e. The number of methoxy groups -OCH3 is 1. The lowest BCUT2D eigenvalue weighted by molar-refractivity contribution is -0.146. The number of carbonyl (C=O) groups is 5. The minimum Gasteiger partial charge on any atom is -0.496 e. The summed E-state index contributed by atoms with van der Waals surface area (Å²) in [7, 11) is 1.57. The molecule has 5 atom stereocenters. The maximum Gasteiger partial charge on any atom is 0.408 e. The van der Waals surface area contributed by atoms with Gasteiger partial charge in [0.1, 0.15) is 47.0 Å². The number of benzene rings is 1. The van der Waals surface area contributed by atoms with Gasteiger partial charge in [0.15, 0.2) is 5.13 Å². The number of likely N-dealkylation sites (tertiary alicyclic amines) is 1. The first kappa shape index (κ1) is 42.4. The van der Waals surface area contributed by atoms with Gasteiger partial charge in [0.2, 0.25) is 17.7 Å². The van der Waals surface area contributed by atoms with Crippen LogP contribution in [0.15, 0.2) is 36.2 Å². The van der Waals surface area contributed by atoms with Crippen LogP contribution in [-0.2, 0) is 23.9 Å². The average molecular weight is 819 g/mol. The number of pyridine rings is 1. The van der Waals surface area contributed by atoms with Crippen LogP contribution in [0.4, 0.5) is 9.93 Å². The number of ether oxygens (including phenoxy) is 3. The fourth-order valence-electron chi connectivity index (χ4n) is 7.40. The largest absolute Gasteiger partial charge is 0.496 e. The number of aromatic nitrogens is 2. The summed E-state index contributed by atoms with van der Waals surface area (Å²) in [6.07, 6.45) is 2.78. The molecule has 0 radical (unpaired) electrons. The molecule has 1 aliphatic heterocycles. The zero-order valence-corrected chi connectivity index (χ0v) is 35.2. The van der Waals surface area contributed by atoms with Crippen molar-refractivity contribution in [2.45, 2.75) is 117 Å². The minimum absolute atomic E-state index is 0.0182. The van der Waals surface area contributed by atoms with Crippen molar-refractivity contribution < 1.29 is 43.3 Å². The first-order chi connectivity index (χ1) is 27.2. The minimum atomic E-state index is -1.54. The number of anilines is 1. The van der Waals surface area contributed by atoms with Gasteiger partial charge in [-0.25, -0.2) is 19.6 Å². The van der Waals surface area contributed by atoms with Crippen molar-refractivity contribution in [3.8, 4) is 22.9 Å². The van der Waals surface area contributed by atoms with Crippen LogP contribution in [0.1, 0.15) is 85.6 Å². The van der Waals surface area contributed by atoms with Crippen LogP contribution in [0, 0.1) is 23.7 Å². The van der Waals surface area contributed by atoms with Crippen LogP contribution in [0.3, 0.4) is 0 Å². The number of rotatable bonds is 13. The van der Waals surface area contributed by atoms with Crippen molar-refractivity contribution in [1.29, 1.82) is 0 Å². The van der Waals surface area contributed by atoms with Crippen LogP contribution in [0.2, 0.25) is 0 Å². The molecule has 15 nitrogen and oxygen atoms in total. The maximum atomic E-state index is 14.6. The molecular weight excluding hydrogens is 765 g/mol. The number of carboxylic acids is 1. The van der Waals surface area contributed by atoms with Gasteiger partial charge in [-0.05, 0) is 55.6 Å². The molecule has 2 aliphatic carbocycles. The van der Waals surface area contributed by atoms with Crippen molar-refractivity contribution in [3.05, 3.63) is 41.8 Å². The molecule has 312 valence electrons. The summed E-state index contributed by atoms with van der Waals surface area (Å²) >= 11 is 1.27. The Bertz CT molecular complexity index is 2120. The summed E-state index contributed by atoms with van der Waals surface area (Å²) in [6.45, 7) is 16.9. The summed E-state index contributed by atoms with van der Waals surface area (Å²) in [4.78, 5) is 77.8.